The van der Waals surface area contributed by atoms with Crippen LogP contribution in [-0.4, -0.2) is 28.5 Å². The molecule has 1 aromatic rings. The topological polar surface area (TPSA) is 58.4 Å². The molecule has 1 aromatic carbocycles. The lowest BCUT2D eigenvalue weighted by Gasteiger charge is -2.28. The Morgan fingerprint density at radius 3 is 2.53 bits per heavy atom. The summed E-state index contributed by atoms with van der Waals surface area (Å²) in [5.74, 6) is 0. The van der Waals surface area contributed by atoms with Crippen molar-refractivity contribution in [1.29, 1.82) is 0 Å². The van der Waals surface area contributed by atoms with Crippen LogP contribution in [0.1, 0.15) is 25.7 Å². The summed E-state index contributed by atoms with van der Waals surface area (Å²) in [7, 11) is 0. The first kappa shape index (κ1) is 13.8. The van der Waals surface area contributed by atoms with E-state index in [1.807, 2.05) is 30.3 Å². The highest BCUT2D eigenvalue weighted by molar-refractivity contribution is 7.80. The third-order valence-corrected chi connectivity index (χ3v) is 3.51. The lowest BCUT2D eigenvalue weighted by Crippen LogP contribution is -2.45. The van der Waals surface area contributed by atoms with Gasteiger partial charge in [0.1, 0.15) is 0 Å². The van der Waals surface area contributed by atoms with E-state index in [0.717, 1.165) is 31.4 Å². The molecule has 0 radical (unpaired) electrons. The molecular formula is C14H19N3OS. The zero-order valence-electron chi connectivity index (χ0n) is 10.8. The number of benzene rings is 1. The van der Waals surface area contributed by atoms with E-state index in [2.05, 4.69) is 5.32 Å². The Labute approximate surface area is 119 Å². The second-order valence-corrected chi connectivity index (χ2v) is 5.35. The minimum atomic E-state index is -0.120. The van der Waals surface area contributed by atoms with E-state index in [9.17, 15) is 4.79 Å². The first-order chi connectivity index (χ1) is 9.16. The third kappa shape index (κ3) is 3.92. The van der Waals surface area contributed by atoms with E-state index in [1.54, 1.807) is 4.90 Å². The van der Waals surface area contributed by atoms with Crippen molar-refractivity contribution in [2.24, 2.45) is 5.73 Å². The predicted molar refractivity (Wildman–Crippen MR) is 81.2 cm³/mol. The van der Waals surface area contributed by atoms with Gasteiger partial charge in [0.25, 0.3) is 0 Å². The van der Waals surface area contributed by atoms with Crippen LogP contribution in [0.2, 0.25) is 0 Å². The highest BCUT2D eigenvalue weighted by Crippen LogP contribution is 2.24. The molecule has 1 saturated carbocycles. The molecule has 102 valence electrons. The van der Waals surface area contributed by atoms with Crippen molar-refractivity contribution in [3.05, 3.63) is 30.3 Å². The Kier molecular flexibility index (Phi) is 4.74. The standard InChI is InChI=1S/C14H19N3OS/c15-13(19)10-17(12-8-4-5-9-12)14(18)16-11-6-2-1-3-7-11/h1-3,6-7,12H,4-5,8-10H2,(H2,15,19)(H,16,18). The van der Waals surface area contributed by atoms with Gasteiger partial charge in [-0.1, -0.05) is 43.3 Å². The van der Waals surface area contributed by atoms with Crippen LogP contribution in [-0.2, 0) is 0 Å². The van der Waals surface area contributed by atoms with Crippen molar-refractivity contribution < 1.29 is 4.79 Å². The van der Waals surface area contributed by atoms with E-state index in [4.69, 9.17) is 18.0 Å². The lowest BCUT2D eigenvalue weighted by molar-refractivity contribution is 0.199. The molecule has 0 saturated heterocycles. The van der Waals surface area contributed by atoms with Gasteiger partial charge in [-0.05, 0) is 25.0 Å². The number of para-hydroxylation sites is 1. The van der Waals surface area contributed by atoms with E-state index >= 15 is 0 Å². The molecule has 0 bridgehead atoms. The van der Waals surface area contributed by atoms with Crippen LogP contribution < -0.4 is 11.1 Å². The van der Waals surface area contributed by atoms with Crippen molar-refractivity contribution in [1.82, 2.24) is 4.90 Å². The Hall–Kier alpha value is -1.62. The number of carbonyl (C=O) groups is 1. The average molecular weight is 277 g/mol. The molecule has 3 N–H and O–H groups in total. The number of nitrogens with one attached hydrogen (secondary N) is 1. The van der Waals surface area contributed by atoms with Gasteiger partial charge >= 0.3 is 6.03 Å². The monoisotopic (exact) mass is 277 g/mol. The van der Waals surface area contributed by atoms with E-state index in [-0.39, 0.29) is 12.1 Å². The molecule has 2 rings (SSSR count). The molecule has 0 atom stereocenters. The van der Waals surface area contributed by atoms with E-state index in [0.29, 0.717) is 11.5 Å². The average Bonchev–Trinajstić information content (AvgIpc) is 2.90. The van der Waals surface area contributed by atoms with Crippen LogP contribution in [0.5, 0.6) is 0 Å². The van der Waals surface area contributed by atoms with Crippen LogP contribution in [0.3, 0.4) is 0 Å². The maximum absolute atomic E-state index is 12.3. The molecule has 2 amide bonds. The number of amides is 2. The molecule has 1 aliphatic rings. The quantitative estimate of drug-likeness (QED) is 0.832. The highest BCUT2D eigenvalue weighted by Gasteiger charge is 2.27. The summed E-state index contributed by atoms with van der Waals surface area (Å²) >= 11 is 4.95. The lowest BCUT2D eigenvalue weighted by atomic mass is 10.2. The first-order valence-electron chi connectivity index (χ1n) is 6.58. The fraction of sp³-hybridized carbons (Fsp3) is 0.429. The number of rotatable bonds is 4. The number of hydrogen-bond donors (Lipinski definition) is 2. The Morgan fingerprint density at radius 2 is 1.95 bits per heavy atom. The van der Waals surface area contributed by atoms with E-state index in [1.165, 1.54) is 0 Å². The smallest absolute Gasteiger partial charge is 0.322 e. The minimum absolute atomic E-state index is 0.120. The van der Waals surface area contributed by atoms with Crippen LogP contribution in [0, 0.1) is 0 Å². The van der Waals surface area contributed by atoms with Crippen molar-refractivity contribution in [3.8, 4) is 0 Å². The summed E-state index contributed by atoms with van der Waals surface area (Å²) in [6.45, 7) is 0.346. The molecule has 5 heteroatoms. The van der Waals surface area contributed by atoms with Crippen molar-refractivity contribution >= 4 is 28.9 Å². The molecule has 1 fully saturated rings. The van der Waals surface area contributed by atoms with Crippen LogP contribution >= 0.6 is 12.2 Å². The number of anilines is 1. The van der Waals surface area contributed by atoms with Crippen molar-refractivity contribution in [3.63, 3.8) is 0 Å². The summed E-state index contributed by atoms with van der Waals surface area (Å²) < 4.78 is 0. The predicted octanol–water partition coefficient (Wildman–Crippen LogP) is 2.75. The van der Waals surface area contributed by atoms with Crippen LogP contribution in [0.25, 0.3) is 0 Å². The van der Waals surface area contributed by atoms with Crippen molar-refractivity contribution in [2.45, 2.75) is 31.7 Å². The van der Waals surface area contributed by atoms with E-state index < -0.39 is 0 Å². The SMILES string of the molecule is NC(=S)CN(C(=O)Nc1ccccc1)C1CCCC1. The van der Waals surface area contributed by atoms with Gasteiger partial charge in [-0.3, -0.25) is 0 Å². The molecule has 0 heterocycles. The largest absolute Gasteiger partial charge is 0.392 e. The maximum Gasteiger partial charge on any atom is 0.322 e. The maximum atomic E-state index is 12.3. The van der Waals surface area contributed by atoms with Crippen LogP contribution in [0.4, 0.5) is 10.5 Å². The highest BCUT2D eigenvalue weighted by atomic mass is 32.1. The van der Waals surface area contributed by atoms with Gasteiger partial charge < -0.3 is 16.0 Å². The van der Waals surface area contributed by atoms with Gasteiger partial charge in [0.2, 0.25) is 0 Å². The number of hydrogen-bond acceptors (Lipinski definition) is 2. The zero-order chi connectivity index (χ0) is 13.7. The second-order valence-electron chi connectivity index (χ2n) is 4.83. The Balaban J connectivity index is 2.04. The Morgan fingerprint density at radius 1 is 1.32 bits per heavy atom. The molecular weight excluding hydrogens is 258 g/mol. The number of nitrogens with zero attached hydrogens (tertiary/aromatic N) is 1. The molecule has 1 aliphatic carbocycles. The van der Waals surface area contributed by atoms with Crippen LogP contribution in [0.15, 0.2) is 30.3 Å². The van der Waals surface area contributed by atoms with Gasteiger partial charge in [0, 0.05) is 11.7 Å². The van der Waals surface area contributed by atoms with Gasteiger partial charge in [-0.25, -0.2) is 4.79 Å². The fourth-order valence-corrected chi connectivity index (χ4v) is 2.61. The second kappa shape index (κ2) is 6.52. The summed E-state index contributed by atoms with van der Waals surface area (Å²) in [5.41, 5.74) is 6.39. The van der Waals surface area contributed by atoms with Crippen molar-refractivity contribution in [2.75, 3.05) is 11.9 Å². The van der Waals surface area contributed by atoms with Gasteiger partial charge in [0.05, 0.1) is 11.5 Å². The molecule has 0 unspecified atom stereocenters. The normalized spacial score (nSPS) is 15.2. The number of nitrogens with two attached hydrogens (primary N) is 1. The third-order valence-electron chi connectivity index (χ3n) is 3.38. The fourth-order valence-electron chi connectivity index (χ4n) is 2.47. The zero-order valence-corrected chi connectivity index (χ0v) is 11.7. The Bertz CT molecular complexity index is 443. The number of urea groups is 1. The summed E-state index contributed by atoms with van der Waals surface area (Å²) in [5, 5.41) is 2.90. The first-order valence-corrected chi connectivity index (χ1v) is 6.98. The molecule has 19 heavy (non-hydrogen) atoms. The van der Waals surface area contributed by atoms with Gasteiger partial charge in [0.15, 0.2) is 0 Å². The molecule has 4 nitrogen and oxygen atoms in total. The molecule has 0 aromatic heterocycles. The molecule has 0 spiro atoms. The van der Waals surface area contributed by atoms with Gasteiger partial charge in [-0.2, -0.15) is 0 Å². The summed E-state index contributed by atoms with van der Waals surface area (Å²) in [6, 6.07) is 9.57. The summed E-state index contributed by atoms with van der Waals surface area (Å²) in [4.78, 5) is 14.5. The number of carbonyl (C=O) groups excluding carboxylic acids is 1. The minimum Gasteiger partial charge on any atom is -0.392 e. The number of thiocarbonyl (C=S) groups is 1. The molecule has 0 aliphatic heterocycles. The summed E-state index contributed by atoms with van der Waals surface area (Å²) in [6.07, 6.45) is 4.39. The van der Waals surface area contributed by atoms with Gasteiger partial charge in [-0.15, -0.1) is 0 Å².